The lowest BCUT2D eigenvalue weighted by Crippen LogP contribution is -2.22. The minimum atomic E-state index is -0.640. The molecule has 0 spiro atoms. The normalized spacial score (nSPS) is 22.2. The summed E-state index contributed by atoms with van der Waals surface area (Å²) in [4.78, 5) is 24.1. The molecule has 1 aliphatic carbocycles. The first kappa shape index (κ1) is 32.1. The molecule has 1 fully saturated rings. The third-order valence-corrected chi connectivity index (χ3v) is 7.31. The molecule has 0 heterocycles. The lowest BCUT2D eigenvalue weighted by molar-refractivity contribution is -0.147. The van der Waals surface area contributed by atoms with Crippen LogP contribution in [-0.4, -0.2) is 52.8 Å². The van der Waals surface area contributed by atoms with E-state index in [-0.39, 0.29) is 23.7 Å². The van der Waals surface area contributed by atoms with Gasteiger partial charge in [-0.3, -0.25) is 9.59 Å². The smallest absolute Gasteiger partial charge is 0.306 e. The number of nitrogens with one attached hydrogen (secondary N) is 1. The Kier molecular flexibility index (Phi) is 16.0. The molecule has 0 bridgehead atoms. The predicted molar refractivity (Wildman–Crippen MR) is 153 cm³/mol. The van der Waals surface area contributed by atoms with E-state index in [1.165, 1.54) is 5.56 Å². The van der Waals surface area contributed by atoms with Gasteiger partial charge in [0.25, 0.3) is 0 Å². The van der Waals surface area contributed by atoms with Crippen LogP contribution in [0.1, 0.15) is 76.7 Å². The van der Waals surface area contributed by atoms with Gasteiger partial charge in [0, 0.05) is 37.6 Å². The van der Waals surface area contributed by atoms with Gasteiger partial charge in [-0.05, 0) is 69.4 Å². The van der Waals surface area contributed by atoms with Gasteiger partial charge in [0.15, 0.2) is 0 Å². The number of unbranched alkanes of at least 4 members (excludes halogenated alkanes) is 3. The average Bonchev–Trinajstić information content (AvgIpc) is 3.17. The highest BCUT2D eigenvalue weighted by molar-refractivity contribution is 6.17. The third kappa shape index (κ3) is 12.6. The molecule has 1 aliphatic rings. The number of aliphatic hydroxyl groups is 2. The molecule has 6 nitrogen and oxygen atoms in total. The van der Waals surface area contributed by atoms with Gasteiger partial charge in [0.05, 0.1) is 12.2 Å². The van der Waals surface area contributed by atoms with Crippen LogP contribution in [0.5, 0.6) is 0 Å². The summed E-state index contributed by atoms with van der Waals surface area (Å²) in [7, 11) is 0. The lowest BCUT2D eigenvalue weighted by Gasteiger charge is -2.21. The van der Waals surface area contributed by atoms with Gasteiger partial charge in [0.2, 0.25) is 5.91 Å². The summed E-state index contributed by atoms with van der Waals surface area (Å²) in [6.07, 6.45) is 13.7. The number of benzene rings is 1. The molecular formula is C31H46ClNO5. The average molecular weight is 548 g/mol. The summed E-state index contributed by atoms with van der Waals surface area (Å²) in [5.74, 6) is 0.118. The summed E-state index contributed by atoms with van der Waals surface area (Å²) in [5, 5.41) is 24.0. The Morgan fingerprint density at radius 3 is 2.61 bits per heavy atom. The molecular weight excluding hydrogens is 502 g/mol. The monoisotopic (exact) mass is 547 g/mol. The van der Waals surface area contributed by atoms with Crippen molar-refractivity contribution in [1.29, 1.82) is 0 Å². The van der Waals surface area contributed by atoms with Crippen molar-refractivity contribution in [3.8, 4) is 0 Å². The molecule has 5 atom stereocenters. The van der Waals surface area contributed by atoms with Gasteiger partial charge in [-0.15, -0.1) is 11.6 Å². The van der Waals surface area contributed by atoms with Crippen LogP contribution in [0.25, 0.3) is 0 Å². The fraction of sp³-hybridized carbons (Fsp3) is 0.613. The van der Waals surface area contributed by atoms with Gasteiger partial charge in [-0.1, -0.05) is 55.0 Å². The van der Waals surface area contributed by atoms with Crippen molar-refractivity contribution in [3.63, 3.8) is 0 Å². The molecule has 2 rings (SSSR count). The molecule has 212 valence electrons. The lowest BCUT2D eigenvalue weighted by atomic mass is 9.89. The van der Waals surface area contributed by atoms with Crippen molar-refractivity contribution in [3.05, 3.63) is 60.2 Å². The van der Waals surface area contributed by atoms with Crippen LogP contribution >= 0.6 is 11.6 Å². The summed E-state index contributed by atoms with van der Waals surface area (Å²) < 4.78 is 5.82. The molecule has 1 amide bonds. The number of esters is 1. The van der Waals surface area contributed by atoms with Crippen LogP contribution in [0.4, 0.5) is 0 Å². The van der Waals surface area contributed by atoms with Crippen molar-refractivity contribution in [1.82, 2.24) is 5.32 Å². The second kappa shape index (κ2) is 19.0. The summed E-state index contributed by atoms with van der Waals surface area (Å²) in [6.45, 7) is 2.55. The fourth-order valence-electron chi connectivity index (χ4n) is 4.91. The zero-order chi connectivity index (χ0) is 27.6. The van der Waals surface area contributed by atoms with Crippen LogP contribution in [0.15, 0.2) is 54.6 Å². The first-order chi connectivity index (χ1) is 18.4. The standard InChI is InChI=1S/C31H46ClNO5/c1-2-33-30(36)16-10-4-3-9-15-26-27(29(35)23-28(26)34)21-20-25(19-18-24-13-7-5-8-14-24)38-31(37)17-11-6-12-22-32/h3,5,7-9,13-14,20-21,25-29,34-35H,2,4,6,10-12,15-19,22-23H2,1H3,(H,33,36)/b9-3-,21-20+/t25?,26-,27-,28+,29-/m1/s1. The van der Waals surface area contributed by atoms with Gasteiger partial charge >= 0.3 is 5.97 Å². The predicted octanol–water partition coefficient (Wildman–Crippen LogP) is 5.50. The summed E-state index contributed by atoms with van der Waals surface area (Å²) in [5.41, 5.74) is 1.18. The van der Waals surface area contributed by atoms with Crippen LogP contribution in [0.3, 0.4) is 0 Å². The molecule has 1 aromatic carbocycles. The topological polar surface area (TPSA) is 95.9 Å². The van der Waals surface area contributed by atoms with Crippen molar-refractivity contribution >= 4 is 23.5 Å². The van der Waals surface area contributed by atoms with Crippen molar-refractivity contribution in [2.24, 2.45) is 11.8 Å². The highest BCUT2D eigenvalue weighted by Gasteiger charge is 2.39. The summed E-state index contributed by atoms with van der Waals surface area (Å²) >= 11 is 5.73. The zero-order valence-corrected chi connectivity index (χ0v) is 23.5. The second-order valence-electron chi connectivity index (χ2n) is 10.1. The van der Waals surface area contributed by atoms with E-state index in [4.69, 9.17) is 16.3 Å². The number of hydrogen-bond acceptors (Lipinski definition) is 5. The van der Waals surface area contributed by atoms with Crippen molar-refractivity contribution in [2.75, 3.05) is 12.4 Å². The number of aliphatic hydroxyl groups excluding tert-OH is 2. The van der Waals surface area contributed by atoms with Gasteiger partial charge < -0.3 is 20.3 Å². The first-order valence-corrected chi connectivity index (χ1v) is 14.7. The van der Waals surface area contributed by atoms with E-state index < -0.39 is 18.3 Å². The SMILES string of the molecule is CCNC(=O)CCC/C=C\C[C@@H]1[C@@H](/C=C/C(CCc2ccccc2)OC(=O)CCCCCCl)[C@H](O)C[C@@H]1O. The molecule has 1 unspecified atom stereocenters. The molecule has 1 saturated carbocycles. The Morgan fingerprint density at radius 1 is 1.08 bits per heavy atom. The maximum absolute atomic E-state index is 12.5. The Labute approximate surface area is 233 Å². The number of halogens is 1. The Hall–Kier alpha value is -2.15. The molecule has 0 radical (unpaired) electrons. The van der Waals surface area contributed by atoms with Crippen molar-refractivity contribution < 1.29 is 24.5 Å². The number of alkyl halides is 1. The largest absolute Gasteiger partial charge is 0.458 e. The Bertz CT molecular complexity index is 859. The van der Waals surface area contributed by atoms with E-state index in [9.17, 15) is 19.8 Å². The number of amides is 1. The highest BCUT2D eigenvalue weighted by Crippen LogP contribution is 2.36. The van der Waals surface area contributed by atoms with E-state index >= 15 is 0 Å². The maximum atomic E-state index is 12.5. The Morgan fingerprint density at radius 2 is 1.87 bits per heavy atom. The summed E-state index contributed by atoms with van der Waals surface area (Å²) in [6, 6.07) is 10.1. The molecule has 1 aromatic rings. The van der Waals surface area contributed by atoms with Crippen molar-refractivity contribution in [2.45, 2.75) is 95.9 Å². The van der Waals surface area contributed by atoms with Crippen LogP contribution in [0.2, 0.25) is 0 Å². The number of carbonyl (C=O) groups excluding carboxylic acids is 2. The number of allylic oxidation sites excluding steroid dienone is 2. The van der Waals surface area contributed by atoms with Gasteiger partial charge in [-0.2, -0.15) is 0 Å². The molecule has 0 saturated heterocycles. The number of hydrogen-bond donors (Lipinski definition) is 3. The maximum Gasteiger partial charge on any atom is 0.306 e. The van der Waals surface area contributed by atoms with Crippen LogP contribution in [-0.2, 0) is 20.7 Å². The third-order valence-electron chi connectivity index (χ3n) is 7.05. The number of ether oxygens (including phenoxy) is 1. The fourth-order valence-corrected chi connectivity index (χ4v) is 5.10. The van der Waals surface area contributed by atoms with E-state index in [1.807, 2.05) is 49.4 Å². The van der Waals surface area contributed by atoms with Gasteiger partial charge in [0.1, 0.15) is 6.10 Å². The zero-order valence-electron chi connectivity index (χ0n) is 22.8. The molecule has 0 aliphatic heterocycles. The number of aryl methyl sites for hydroxylation is 1. The molecule has 0 aromatic heterocycles. The van der Waals surface area contributed by atoms with Crippen LogP contribution < -0.4 is 5.32 Å². The highest BCUT2D eigenvalue weighted by atomic mass is 35.5. The number of rotatable bonds is 18. The number of carbonyl (C=O) groups is 2. The van der Waals surface area contributed by atoms with E-state index in [0.717, 1.165) is 38.5 Å². The molecule has 3 N–H and O–H groups in total. The second-order valence-corrected chi connectivity index (χ2v) is 10.5. The van der Waals surface area contributed by atoms with E-state index in [0.29, 0.717) is 44.5 Å². The quantitative estimate of drug-likeness (QED) is 0.0976. The Balaban J connectivity index is 1.96. The van der Waals surface area contributed by atoms with Gasteiger partial charge in [-0.25, -0.2) is 0 Å². The van der Waals surface area contributed by atoms with E-state index in [1.54, 1.807) is 0 Å². The first-order valence-electron chi connectivity index (χ1n) is 14.2. The van der Waals surface area contributed by atoms with Crippen LogP contribution in [0, 0.1) is 11.8 Å². The minimum absolute atomic E-state index is 0.0678. The van der Waals surface area contributed by atoms with E-state index in [2.05, 4.69) is 17.4 Å². The molecule has 7 heteroatoms. The molecule has 38 heavy (non-hydrogen) atoms. The minimum Gasteiger partial charge on any atom is -0.458 e.